The summed E-state index contributed by atoms with van der Waals surface area (Å²) in [5.74, 6) is 2.75. The number of aliphatic hydroxyl groups is 1. The molecule has 0 amide bonds. The van der Waals surface area contributed by atoms with Gasteiger partial charge in [-0.15, -0.1) is 0 Å². The molecular weight excluding hydrogens is 240 g/mol. The Balaban J connectivity index is 1.74. The lowest BCUT2D eigenvalue weighted by Gasteiger charge is -2.22. The number of benzene rings is 1. The maximum atomic E-state index is 10.5. The molecule has 104 valence electrons. The average molecular weight is 262 g/mol. The predicted molar refractivity (Wildman–Crippen MR) is 73.5 cm³/mol. The van der Waals surface area contributed by atoms with Gasteiger partial charge in [-0.2, -0.15) is 0 Å². The van der Waals surface area contributed by atoms with Crippen molar-refractivity contribution in [3.63, 3.8) is 0 Å². The molecule has 3 rings (SSSR count). The fraction of sp³-hybridized carbons (Fsp3) is 0.625. The van der Waals surface area contributed by atoms with Crippen LogP contribution in [0.5, 0.6) is 11.5 Å². The van der Waals surface area contributed by atoms with E-state index < -0.39 is 0 Å². The van der Waals surface area contributed by atoms with Gasteiger partial charge in [0.25, 0.3) is 0 Å². The predicted octanol–water partition coefficient (Wildman–Crippen LogP) is 3.32. The molecule has 19 heavy (non-hydrogen) atoms. The van der Waals surface area contributed by atoms with Gasteiger partial charge in [0.2, 0.25) is 0 Å². The molecule has 0 radical (unpaired) electrons. The first-order valence-corrected chi connectivity index (χ1v) is 7.35. The molecule has 1 heterocycles. The summed E-state index contributed by atoms with van der Waals surface area (Å²) in [6, 6.07) is 5.83. The maximum absolute atomic E-state index is 10.5. The molecule has 1 N–H and O–H groups in total. The third kappa shape index (κ3) is 2.57. The van der Waals surface area contributed by atoms with Crippen LogP contribution in [-0.2, 0) is 0 Å². The second-order valence-corrected chi connectivity index (χ2v) is 5.70. The first-order chi connectivity index (χ1) is 9.28. The molecule has 3 atom stereocenters. The third-order valence-electron chi connectivity index (χ3n) is 4.51. The van der Waals surface area contributed by atoms with Gasteiger partial charge in [0.15, 0.2) is 11.5 Å². The van der Waals surface area contributed by atoms with Gasteiger partial charge in [-0.1, -0.05) is 25.8 Å². The van der Waals surface area contributed by atoms with Crippen LogP contribution in [0.25, 0.3) is 0 Å². The van der Waals surface area contributed by atoms with Gasteiger partial charge >= 0.3 is 0 Å². The summed E-state index contributed by atoms with van der Waals surface area (Å²) in [7, 11) is 0. The van der Waals surface area contributed by atoms with Crippen LogP contribution in [-0.4, -0.2) is 18.3 Å². The van der Waals surface area contributed by atoms with E-state index in [9.17, 15) is 5.11 Å². The van der Waals surface area contributed by atoms with Gasteiger partial charge < -0.3 is 14.6 Å². The topological polar surface area (TPSA) is 38.7 Å². The quantitative estimate of drug-likeness (QED) is 0.908. The molecule has 1 saturated carbocycles. The SMILES string of the molecule is CCC1CCC(C(O)c2ccc3c(c2)OCCO3)C1. The Morgan fingerprint density at radius 3 is 2.74 bits per heavy atom. The van der Waals surface area contributed by atoms with Crippen molar-refractivity contribution in [3.05, 3.63) is 23.8 Å². The van der Waals surface area contributed by atoms with Crippen molar-refractivity contribution in [1.82, 2.24) is 0 Å². The standard InChI is InChI=1S/C16H22O3/c1-2-11-3-4-12(9-11)16(17)13-5-6-14-15(10-13)19-8-7-18-14/h5-6,10-12,16-17H,2-4,7-9H2,1H3. The van der Waals surface area contributed by atoms with Crippen LogP contribution in [0.3, 0.4) is 0 Å². The Bertz CT molecular complexity index is 444. The summed E-state index contributed by atoms with van der Waals surface area (Å²) < 4.78 is 11.1. The van der Waals surface area contributed by atoms with Crippen molar-refractivity contribution in [2.24, 2.45) is 11.8 Å². The monoisotopic (exact) mass is 262 g/mol. The Kier molecular flexibility index (Phi) is 3.65. The Hall–Kier alpha value is -1.22. The summed E-state index contributed by atoms with van der Waals surface area (Å²) in [5.41, 5.74) is 0.964. The van der Waals surface area contributed by atoms with Gasteiger partial charge in [-0.3, -0.25) is 0 Å². The molecule has 3 unspecified atom stereocenters. The zero-order chi connectivity index (χ0) is 13.2. The lowest BCUT2D eigenvalue weighted by atomic mass is 9.92. The summed E-state index contributed by atoms with van der Waals surface area (Å²) in [6.45, 7) is 3.44. The zero-order valence-corrected chi connectivity index (χ0v) is 11.5. The van der Waals surface area contributed by atoms with E-state index >= 15 is 0 Å². The highest BCUT2D eigenvalue weighted by Crippen LogP contribution is 2.42. The van der Waals surface area contributed by atoms with Gasteiger partial charge in [-0.25, -0.2) is 0 Å². The van der Waals surface area contributed by atoms with Gasteiger partial charge in [-0.05, 0) is 42.4 Å². The fourth-order valence-corrected chi connectivity index (χ4v) is 3.29. The molecule has 1 aliphatic heterocycles. The normalized spacial score (nSPS) is 27.3. The van der Waals surface area contributed by atoms with Gasteiger partial charge in [0.05, 0.1) is 6.10 Å². The minimum atomic E-state index is -0.368. The van der Waals surface area contributed by atoms with Gasteiger partial charge in [0, 0.05) is 0 Å². The number of rotatable bonds is 3. The number of aliphatic hydroxyl groups excluding tert-OH is 1. The van der Waals surface area contributed by atoms with Crippen LogP contribution in [0.2, 0.25) is 0 Å². The number of ether oxygens (including phenoxy) is 2. The minimum Gasteiger partial charge on any atom is -0.486 e. The van der Waals surface area contributed by atoms with Crippen LogP contribution >= 0.6 is 0 Å². The molecule has 0 spiro atoms. The van der Waals surface area contributed by atoms with E-state index in [0.29, 0.717) is 19.1 Å². The van der Waals surface area contributed by atoms with E-state index in [2.05, 4.69) is 6.92 Å². The van der Waals surface area contributed by atoms with Crippen molar-refractivity contribution in [2.45, 2.75) is 38.7 Å². The summed E-state index contributed by atoms with van der Waals surface area (Å²) >= 11 is 0. The highest BCUT2D eigenvalue weighted by atomic mass is 16.6. The minimum absolute atomic E-state index is 0.368. The van der Waals surface area contributed by atoms with Crippen molar-refractivity contribution in [3.8, 4) is 11.5 Å². The molecule has 1 aromatic carbocycles. The van der Waals surface area contributed by atoms with E-state index in [1.807, 2.05) is 18.2 Å². The van der Waals surface area contributed by atoms with E-state index in [-0.39, 0.29) is 6.10 Å². The molecule has 0 saturated heterocycles. The van der Waals surface area contributed by atoms with Crippen molar-refractivity contribution in [1.29, 1.82) is 0 Å². The molecule has 1 aromatic rings. The summed E-state index contributed by atoms with van der Waals surface area (Å²) in [5, 5.41) is 10.5. The second kappa shape index (κ2) is 5.41. The highest BCUT2D eigenvalue weighted by molar-refractivity contribution is 5.44. The molecule has 3 nitrogen and oxygen atoms in total. The zero-order valence-electron chi connectivity index (χ0n) is 11.5. The number of hydrogen-bond donors (Lipinski definition) is 1. The average Bonchev–Trinajstić information content (AvgIpc) is 2.95. The van der Waals surface area contributed by atoms with E-state index in [1.165, 1.54) is 12.8 Å². The lowest BCUT2D eigenvalue weighted by Crippen LogP contribution is -2.16. The lowest BCUT2D eigenvalue weighted by molar-refractivity contribution is 0.108. The van der Waals surface area contributed by atoms with E-state index in [4.69, 9.17) is 9.47 Å². The number of fused-ring (bicyclic) bond motifs is 1. The van der Waals surface area contributed by atoms with Crippen molar-refractivity contribution < 1.29 is 14.6 Å². The van der Waals surface area contributed by atoms with Crippen LogP contribution in [0.15, 0.2) is 18.2 Å². The Morgan fingerprint density at radius 1 is 1.21 bits per heavy atom. The number of hydrogen-bond acceptors (Lipinski definition) is 3. The fourth-order valence-electron chi connectivity index (χ4n) is 3.29. The second-order valence-electron chi connectivity index (χ2n) is 5.70. The van der Waals surface area contributed by atoms with Gasteiger partial charge in [0.1, 0.15) is 13.2 Å². The van der Waals surface area contributed by atoms with E-state index in [1.54, 1.807) is 0 Å². The van der Waals surface area contributed by atoms with Crippen LogP contribution < -0.4 is 9.47 Å². The molecular formula is C16H22O3. The van der Waals surface area contributed by atoms with Crippen molar-refractivity contribution >= 4 is 0 Å². The summed E-state index contributed by atoms with van der Waals surface area (Å²) in [6.07, 6.45) is 4.39. The maximum Gasteiger partial charge on any atom is 0.161 e. The Morgan fingerprint density at radius 2 is 2.00 bits per heavy atom. The molecule has 1 fully saturated rings. The van der Waals surface area contributed by atoms with E-state index in [0.717, 1.165) is 35.8 Å². The molecule has 1 aliphatic carbocycles. The molecule has 0 bridgehead atoms. The smallest absolute Gasteiger partial charge is 0.161 e. The first-order valence-electron chi connectivity index (χ1n) is 7.35. The third-order valence-corrected chi connectivity index (χ3v) is 4.51. The van der Waals surface area contributed by atoms with Crippen LogP contribution in [0, 0.1) is 11.8 Å². The first kappa shape index (κ1) is 12.8. The van der Waals surface area contributed by atoms with Crippen molar-refractivity contribution in [2.75, 3.05) is 13.2 Å². The molecule has 0 aromatic heterocycles. The van der Waals surface area contributed by atoms with Crippen LogP contribution in [0.1, 0.15) is 44.3 Å². The molecule has 3 heteroatoms. The molecule has 2 aliphatic rings. The van der Waals surface area contributed by atoms with Crippen LogP contribution in [0.4, 0.5) is 0 Å². The Labute approximate surface area is 114 Å². The highest BCUT2D eigenvalue weighted by Gasteiger charge is 2.30. The summed E-state index contributed by atoms with van der Waals surface area (Å²) in [4.78, 5) is 0. The largest absolute Gasteiger partial charge is 0.486 e.